The number of nitrogens with one attached hydrogen (secondary N) is 1. The fourth-order valence-corrected chi connectivity index (χ4v) is 2.30. The van der Waals surface area contributed by atoms with E-state index in [2.05, 4.69) is 16.6 Å². The number of anilines is 1. The molecule has 0 spiro atoms. The van der Waals surface area contributed by atoms with Crippen LogP contribution < -0.4 is 5.32 Å². The number of carboxylic acids is 1. The Morgan fingerprint density at radius 3 is 3.00 bits per heavy atom. The van der Waals surface area contributed by atoms with Crippen LogP contribution >= 0.6 is 11.8 Å². The summed E-state index contributed by atoms with van der Waals surface area (Å²) in [6, 6.07) is 1.52. The molecule has 0 aliphatic heterocycles. The Kier molecular flexibility index (Phi) is 3.05. The molecular formula is C11H14N2O2S. The summed E-state index contributed by atoms with van der Waals surface area (Å²) in [6.45, 7) is 0.806. The minimum absolute atomic E-state index is 0.284. The van der Waals surface area contributed by atoms with Crippen molar-refractivity contribution in [2.24, 2.45) is 0 Å². The van der Waals surface area contributed by atoms with Gasteiger partial charge in [0.25, 0.3) is 0 Å². The second-order valence-electron chi connectivity index (χ2n) is 3.97. The summed E-state index contributed by atoms with van der Waals surface area (Å²) >= 11 is 1.84. The molecule has 1 aliphatic carbocycles. The van der Waals surface area contributed by atoms with Crippen LogP contribution in [0.4, 0.5) is 5.69 Å². The molecule has 2 N–H and O–H groups in total. The fraction of sp³-hybridized carbons (Fsp3) is 0.455. The lowest BCUT2D eigenvalue weighted by atomic mass is 10.2. The van der Waals surface area contributed by atoms with Crippen molar-refractivity contribution in [1.29, 1.82) is 0 Å². The fourth-order valence-electron chi connectivity index (χ4n) is 1.57. The van der Waals surface area contributed by atoms with Crippen LogP contribution in [0.1, 0.15) is 23.2 Å². The molecule has 1 fully saturated rings. The van der Waals surface area contributed by atoms with Gasteiger partial charge in [-0.25, -0.2) is 4.79 Å². The van der Waals surface area contributed by atoms with Crippen LogP contribution in [0.2, 0.25) is 0 Å². The zero-order chi connectivity index (χ0) is 11.6. The first-order valence-corrected chi connectivity index (χ1v) is 6.36. The number of hydrogen-bond donors (Lipinski definition) is 2. The van der Waals surface area contributed by atoms with Gasteiger partial charge in [0.1, 0.15) is 0 Å². The normalized spacial score (nSPS) is 16.8. The van der Waals surface area contributed by atoms with Gasteiger partial charge >= 0.3 is 5.97 Å². The van der Waals surface area contributed by atoms with Crippen LogP contribution in [0.5, 0.6) is 0 Å². The van der Waals surface area contributed by atoms with Crippen molar-refractivity contribution in [2.45, 2.75) is 17.6 Å². The minimum Gasteiger partial charge on any atom is -0.478 e. The van der Waals surface area contributed by atoms with Gasteiger partial charge in [-0.3, -0.25) is 4.98 Å². The number of pyridine rings is 1. The third-order valence-corrected chi connectivity index (χ3v) is 4.31. The van der Waals surface area contributed by atoms with Crippen LogP contribution in [0.25, 0.3) is 0 Å². The predicted molar refractivity (Wildman–Crippen MR) is 65.2 cm³/mol. The highest BCUT2D eigenvalue weighted by Crippen LogP contribution is 2.47. The molecule has 1 aromatic rings. The summed E-state index contributed by atoms with van der Waals surface area (Å²) in [5, 5.41) is 12.2. The molecule has 1 aliphatic rings. The van der Waals surface area contributed by atoms with E-state index in [1.165, 1.54) is 25.1 Å². The van der Waals surface area contributed by atoms with Crippen LogP contribution in [0.15, 0.2) is 18.5 Å². The number of carboxylic acid groups (broad SMARTS) is 1. The predicted octanol–water partition coefficient (Wildman–Crippen LogP) is 2.09. The molecule has 1 saturated carbocycles. The maximum absolute atomic E-state index is 11.0. The van der Waals surface area contributed by atoms with E-state index in [9.17, 15) is 4.79 Å². The van der Waals surface area contributed by atoms with E-state index in [1.54, 1.807) is 6.20 Å². The van der Waals surface area contributed by atoms with Crippen LogP contribution in [0, 0.1) is 0 Å². The average Bonchev–Trinajstić information content (AvgIpc) is 3.07. The molecule has 1 heterocycles. The second kappa shape index (κ2) is 4.33. The molecule has 0 unspecified atom stereocenters. The molecule has 0 amide bonds. The van der Waals surface area contributed by atoms with Gasteiger partial charge in [-0.15, -0.1) is 0 Å². The second-order valence-corrected chi connectivity index (χ2v) is 5.24. The van der Waals surface area contributed by atoms with Gasteiger partial charge in [-0.2, -0.15) is 11.8 Å². The van der Waals surface area contributed by atoms with Crippen molar-refractivity contribution in [3.63, 3.8) is 0 Å². The molecular weight excluding hydrogens is 224 g/mol. The summed E-state index contributed by atoms with van der Waals surface area (Å²) in [4.78, 5) is 14.9. The highest BCUT2D eigenvalue weighted by Gasteiger charge is 2.41. The summed E-state index contributed by atoms with van der Waals surface area (Å²) in [5.41, 5.74) is 0.891. The van der Waals surface area contributed by atoms with E-state index in [1.807, 2.05) is 11.8 Å². The Balaban J connectivity index is 2.06. The van der Waals surface area contributed by atoms with Crippen molar-refractivity contribution in [3.05, 3.63) is 24.0 Å². The summed E-state index contributed by atoms with van der Waals surface area (Å²) in [7, 11) is 0. The average molecular weight is 238 g/mol. The molecule has 1 aromatic heterocycles. The molecule has 4 nitrogen and oxygen atoms in total. The van der Waals surface area contributed by atoms with Crippen LogP contribution in [-0.4, -0.2) is 33.6 Å². The Hall–Kier alpha value is -1.23. The molecule has 5 heteroatoms. The number of aromatic nitrogens is 1. The Labute approximate surface area is 98.5 Å². The molecule has 16 heavy (non-hydrogen) atoms. The van der Waals surface area contributed by atoms with Crippen molar-refractivity contribution in [1.82, 2.24) is 4.98 Å². The standard InChI is InChI=1S/C11H14N2O2S/c1-16-11(3-4-11)7-13-9-6-12-5-2-8(9)10(14)15/h2,5-6,13H,3-4,7H2,1H3,(H,14,15). The Morgan fingerprint density at radius 2 is 2.44 bits per heavy atom. The maximum atomic E-state index is 11.0. The highest BCUT2D eigenvalue weighted by atomic mass is 32.2. The summed E-state index contributed by atoms with van der Waals surface area (Å²) in [5.74, 6) is -0.918. The lowest BCUT2D eigenvalue weighted by molar-refractivity contribution is 0.0698. The van der Waals surface area contributed by atoms with Gasteiger partial charge < -0.3 is 10.4 Å². The smallest absolute Gasteiger partial charge is 0.337 e. The minimum atomic E-state index is -0.918. The van der Waals surface area contributed by atoms with E-state index < -0.39 is 5.97 Å². The molecule has 86 valence electrons. The number of hydrogen-bond acceptors (Lipinski definition) is 4. The number of thioether (sulfide) groups is 1. The first kappa shape index (κ1) is 11.3. The Bertz CT molecular complexity index is 405. The zero-order valence-electron chi connectivity index (χ0n) is 9.06. The lowest BCUT2D eigenvalue weighted by Gasteiger charge is -2.15. The number of rotatable bonds is 5. The number of carbonyl (C=O) groups is 1. The maximum Gasteiger partial charge on any atom is 0.337 e. The number of aromatic carboxylic acids is 1. The number of nitrogens with zero attached hydrogens (tertiary/aromatic N) is 1. The largest absolute Gasteiger partial charge is 0.478 e. The third kappa shape index (κ3) is 2.29. The summed E-state index contributed by atoms with van der Waals surface area (Å²) < 4.78 is 0.311. The van der Waals surface area contributed by atoms with Crippen molar-refractivity contribution < 1.29 is 9.90 Å². The van der Waals surface area contributed by atoms with E-state index >= 15 is 0 Å². The molecule has 0 aromatic carbocycles. The highest BCUT2D eigenvalue weighted by molar-refractivity contribution is 8.00. The van der Waals surface area contributed by atoms with Gasteiger partial charge in [0.15, 0.2) is 0 Å². The third-order valence-electron chi connectivity index (χ3n) is 2.89. The van der Waals surface area contributed by atoms with E-state index in [-0.39, 0.29) is 5.56 Å². The molecule has 2 rings (SSSR count). The first-order valence-electron chi connectivity index (χ1n) is 5.13. The monoisotopic (exact) mass is 238 g/mol. The first-order chi connectivity index (χ1) is 7.67. The van der Waals surface area contributed by atoms with Gasteiger partial charge in [-0.05, 0) is 25.2 Å². The molecule has 0 saturated heterocycles. The molecule has 0 atom stereocenters. The Morgan fingerprint density at radius 1 is 1.69 bits per heavy atom. The van der Waals surface area contributed by atoms with Crippen LogP contribution in [0.3, 0.4) is 0 Å². The van der Waals surface area contributed by atoms with Gasteiger partial charge in [0, 0.05) is 17.5 Å². The quantitative estimate of drug-likeness (QED) is 0.822. The lowest BCUT2D eigenvalue weighted by Crippen LogP contribution is -2.19. The SMILES string of the molecule is CSC1(CNc2cnccc2C(=O)O)CC1. The van der Waals surface area contributed by atoms with E-state index in [4.69, 9.17) is 5.11 Å². The molecule has 0 radical (unpaired) electrons. The van der Waals surface area contributed by atoms with Gasteiger partial charge in [0.2, 0.25) is 0 Å². The van der Waals surface area contributed by atoms with Gasteiger partial charge in [0.05, 0.1) is 17.4 Å². The van der Waals surface area contributed by atoms with Crippen molar-refractivity contribution in [2.75, 3.05) is 18.1 Å². The van der Waals surface area contributed by atoms with Crippen molar-refractivity contribution >= 4 is 23.4 Å². The molecule has 0 bridgehead atoms. The van der Waals surface area contributed by atoms with E-state index in [0.717, 1.165) is 6.54 Å². The topological polar surface area (TPSA) is 62.2 Å². The summed E-state index contributed by atoms with van der Waals surface area (Å²) in [6.07, 6.45) is 7.56. The van der Waals surface area contributed by atoms with Gasteiger partial charge in [-0.1, -0.05) is 0 Å². The van der Waals surface area contributed by atoms with Crippen molar-refractivity contribution in [3.8, 4) is 0 Å². The van der Waals surface area contributed by atoms with E-state index in [0.29, 0.717) is 10.4 Å². The van der Waals surface area contributed by atoms with Crippen LogP contribution in [-0.2, 0) is 0 Å². The zero-order valence-corrected chi connectivity index (χ0v) is 9.88.